The Balaban J connectivity index is 0.00000324. The molecule has 1 rings (SSSR count). The third kappa shape index (κ3) is 5.72. The summed E-state index contributed by atoms with van der Waals surface area (Å²) in [6.45, 7) is 5.06. The van der Waals surface area contributed by atoms with Crippen LogP contribution in [-0.4, -0.2) is 17.9 Å². The monoisotopic (exact) mass is 285 g/mol. The fourth-order valence-electron chi connectivity index (χ4n) is 1.59. The van der Waals surface area contributed by atoms with Gasteiger partial charge in [0.25, 0.3) is 0 Å². The van der Waals surface area contributed by atoms with Crippen molar-refractivity contribution in [2.24, 2.45) is 5.73 Å². The molecular formula is C13H20ClN3O2. The van der Waals surface area contributed by atoms with Gasteiger partial charge in [0.05, 0.1) is 0 Å². The van der Waals surface area contributed by atoms with Gasteiger partial charge in [-0.15, -0.1) is 12.4 Å². The molecule has 1 aromatic carbocycles. The molecule has 1 aromatic rings. The van der Waals surface area contributed by atoms with Crippen LogP contribution in [0.4, 0.5) is 11.4 Å². The Bertz CT molecular complexity index is 461. The predicted molar refractivity (Wildman–Crippen MR) is 79.6 cm³/mol. The lowest BCUT2D eigenvalue weighted by atomic mass is 10.1. The first kappa shape index (κ1) is 17.4. The van der Waals surface area contributed by atoms with Crippen LogP contribution >= 0.6 is 12.4 Å². The molecule has 0 aromatic heterocycles. The van der Waals surface area contributed by atoms with Crippen molar-refractivity contribution in [2.75, 3.05) is 10.6 Å². The molecule has 4 N–H and O–H groups in total. The summed E-state index contributed by atoms with van der Waals surface area (Å²) in [6.07, 6.45) is 0.268. The average Bonchev–Trinajstić information content (AvgIpc) is 2.22. The van der Waals surface area contributed by atoms with E-state index in [1.807, 2.05) is 6.92 Å². The second-order valence-electron chi connectivity index (χ2n) is 4.39. The molecule has 0 aliphatic rings. The van der Waals surface area contributed by atoms with Crippen LogP contribution in [0.3, 0.4) is 0 Å². The maximum absolute atomic E-state index is 11.6. The van der Waals surface area contributed by atoms with Gasteiger partial charge in [-0.25, -0.2) is 0 Å². The Hall–Kier alpha value is -1.59. The lowest BCUT2D eigenvalue weighted by molar-refractivity contribution is -0.116. The second-order valence-corrected chi connectivity index (χ2v) is 4.39. The van der Waals surface area contributed by atoms with Crippen LogP contribution in [-0.2, 0) is 9.59 Å². The van der Waals surface area contributed by atoms with Crippen molar-refractivity contribution in [3.05, 3.63) is 23.8 Å². The van der Waals surface area contributed by atoms with Gasteiger partial charge in [0.2, 0.25) is 11.8 Å². The molecule has 19 heavy (non-hydrogen) atoms. The van der Waals surface area contributed by atoms with Gasteiger partial charge in [-0.1, -0.05) is 6.07 Å². The van der Waals surface area contributed by atoms with E-state index in [2.05, 4.69) is 10.6 Å². The van der Waals surface area contributed by atoms with Crippen molar-refractivity contribution in [2.45, 2.75) is 33.2 Å². The number of anilines is 2. The molecule has 0 aliphatic heterocycles. The molecule has 0 fully saturated rings. The Kier molecular flexibility index (Phi) is 7.11. The highest BCUT2D eigenvalue weighted by atomic mass is 35.5. The summed E-state index contributed by atoms with van der Waals surface area (Å²) in [5.74, 6) is -0.273. The lowest BCUT2D eigenvalue weighted by Gasteiger charge is -2.13. The van der Waals surface area contributed by atoms with E-state index >= 15 is 0 Å². The number of carbonyl (C=O) groups is 2. The minimum absolute atomic E-state index is 0. The van der Waals surface area contributed by atoms with E-state index < -0.39 is 0 Å². The highest BCUT2D eigenvalue weighted by Crippen LogP contribution is 2.23. The molecule has 2 amide bonds. The van der Waals surface area contributed by atoms with Crippen LogP contribution in [0.1, 0.15) is 25.8 Å². The molecule has 1 atom stereocenters. The molecule has 0 aliphatic carbocycles. The number of halogens is 1. The summed E-state index contributed by atoms with van der Waals surface area (Å²) in [7, 11) is 0. The number of benzene rings is 1. The number of nitrogens with one attached hydrogen (secondary N) is 2. The zero-order valence-electron chi connectivity index (χ0n) is 11.3. The minimum Gasteiger partial charge on any atom is -0.327 e. The van der Waals surface area contributed by atoms with Crippen molar-refractivity contribution in [3.8, 4) is 0 Å². The fraction of sp³-hybridized carbons (Fsp3) is 0.385. The predicted octanol–water partition coefficient (Wildman–Crippen LogP) is 2.05. The van der Waals surface area contributed by atoms with E-state index in [0.29, 0.717) is 11.4 Å². The van der Waals surface area contributed by atoms with Gasteiger partial charge < -0.3 is 16.4 Å². The molecule has 0 saturated carbocycles. The Morgan fingerprint density at radius 1 is 1.26 bits per heavy atom. The Labute approximate surface area is 119 Å². The molecule has 5 nitrogen and oxygen atoms in total. The van der Waals surface area contributed by atoms with Crippen LogP contribution in [0.15, 0.2) is 18.2 Å². The third-order valence-corrected chi connectivity index (χ3v) is 2.43. The first-order valence-electron chi connectivity index (χ1n) is 5.82. The molecule has 0 saturated heterocycles. The van der Waals surface area contributed by atoms with Gasteiger partial charge in [-0.05, 0) is 31.5 Å². The standard InChI is InChI=1S/C13H19N3O2.ClH/c1-8(14)7-13(18)16-12-6-4-5-11(9(12)2)15-10(3)17;/h4-6,8H,7,14H2,1-3H3,(H,15,17)(H,16,18);1H. The van der Waals surface area contributed by atoms with Gasteiger partial charge in [0.1, 0.15) is 0 Å². The Morgan fingerprint density at radius 2 is 1.79 bits per heavy atom. The fourth-order valence-corrected chi connectivity index (χ4v) is 1.59. The second kappa shape index (κ2) is 7.76. The van der Waals surface area contributed by atoms with Crippen LogP contribution in [0.25, 0.3) is 0 Å². The van der Waals surface area contributed by atoms with E-state index in [1.54, 1.807) is 25.1 Å². The maximum atomic E-state index is 11.6. The smallest absolute Gasteiger partial charge is 0.225 e. The first-order valence-corrected chi connectivity index (χ1v) is 5.82. The van der Waals surface area contributed by atoms with Gasteiger partial charge in [-0.3, -0.25) is 9.59 Å². The summed E-state index contributed by atoms with van der Waals surface area (Å²) < 4.78 is 0. The topological polar surface area (TPSA) is 84.2 Å². The number of carbonyl (C=O) groups excluding carboxylic acids is 2. The average molecular weight is 286 g/mol. The molecule has 6 heteroatoms. The quantitative estimate of drug-likeness (QED) is 0.791. The summed E-state index contributed by atoms with van der Waals surface area (Å²) in [5, 5.41) is 5.50. The zero-order chi connectivity index (χ0) is 13.7. The molecule has 106 valence electrons. The van der Waals surface area contributed by atoms with Crippen molar-refractivity contribution in [1.82, 2.24) is 0 Å². The normalized spacial score (nSPS) is 11.2. The number of rotatable bonds is 4. The molecular weight excluding hydrogens is 266 g/mol. The van der Waals surface area contributed by atoms with Crippen molar-refractivity contribution in [3.63, 3.8) is 0 Å². The third-order valence-electron chi connectivity index (χ3n) is 2.43. The van der Waals surface area contributed by atoms with Gasteiger partial charge in [0, 0.05) is 30.8 Å². The number of nitrogens with two attached hydrogens (primary N) is 1. The maximum Gasteiger partial charge on any atom is 0.225 e. The summed E-state index contributed by atoms with van der Waals surface area (Å²) in [5.41, 5.74) is 7.77. The SMILES string of the molecule is CC(=O)Nc1cccc(NC(=O)CC(C)N)c1C.Cl. The Morgan fingerprint density at radius 3 is 2.26 bits per heavy atom. The summed E-state index contributed by atoms with van der Waals surface area (Å²) in [4.78, 5) is 22.7. The number of amides is 2. The molecule has 0 spiro atoms. The molecule has 0 radical (unpaired) electrons. The van der Waals surface area contributed by atoms with E-state index in [-0.39, 0.29) is 36.7 Å². The van der Waals surface area contributed by atoms with Crippen LogP contribution in [0.5, 0.6) is 0 Å². The summed E-state index contributed by atoms with van der Waals surface area (Å²) >= 11 is 0. The van der Waals surface area contributed by atoms with Crippen LogP contribution in [0, 0.1) is 6.92 Å². The van der Waals surface area contributed by atoms with Crippen molar-refractivity contribution < 1.29 is 9.59 Å². The highest BCUT2D eigenvalue weighted by Gasteiger charge is 2.09. The van der Waals surface area contributed by atoms with Crippen molar-refractivity contribution >= 4 is 35.6 Å². The van der Waals surface area contributed by atoms with E-state index in [1.165, 1.54) is 6.92 Å². The number of hydrogen-bond donors (Lipinski definition) is 3. The van der Waals surface area contributed by atoms with Crippen LogP contribution in [0.2, 0.25) is 0 Å². The van der Waals surface area contributed by atoms with Gasteiger partial charge in [-0.2, -0.15) is 0 Å². The van der Waals surface area contributed by atoms with E-state index in [9.17, 15) is 9.59 Å². The zero-order valence-corrected chi connectivity index (χ0v) is 12.1. The lowest BCUT2D eigenvalue weighted by Crippen LogP contribution is -2.24. The number of hydrogen-bond acceptors (Lipinski definition) is 3. The van der Waals surface area contributed by atoms with Crippen LogP contribution < -0.4 is 16.4 Å². The highest BCUT2D eigenvalue weighted by molar-refractivity contribution is 5.95. The first-order chi connectivity index (χ1) is 8.40. The van der Waals surface area contributed by atoms with E-state index in [4.69, 9.17) is 5.73 Å². The van der Waals surface area contributed by atoms with E-state index in [0.717, 1.165) is 5.56 Å². The molecule has 0 heterocycles. The molecule has 0 bridgehead atoms. The summed E-state index contributed by atoms with van der Waals surface area (Å²) in [6, 6.07) is 5.18. The molecule has 1 unspecified atom stereocenters. The van der Waals surface area contributed by atoms with Gasteiger partial charge in [0.15, 0.2) is 0 Å². The minimum atomic E-state index is -0.177. The van der Waals surface area contributed by atoms with Crippen molar-refractivity contribution in [1.29, 1.82) is 0 Å². The van der Waals surface area contributed by atoms with Gasteiger partial charge >= 0.3 is 0 Å². The largest absolute Gasteiger partial charge is 0.327 e.